The van der Waals surface area contributed by atoms with Gasteiger partial charge in [-0.15, -0.1) is 0 Å². The Morgan fingerprint density at radius 2 is 2.00 bits per heavy atom. The third-order valence-electron chi connectivity index (χ3n) is 5.71. The van der Waals surface area contributed by atoms with Crippen LogP contribution >= 0.6 is 0 Å². The highest BCUT2D eigenvalue weighted by Crippen LogP contribution is 2.29. The van der Waals surface area contributed by atoms with Gasteiger partial charge in [0.05, 0.1) is 12.6 Å². The molecule has 2 heterocycles. The fraction of sp³-hybridized carbons (Fsp3) is 0.882. The molecule has 5 nitrogen and oxygen atoms in total. The lowest BCUT2D eigenvalue weighted by atomic mass is 9.86. The van der Waals surface area contributed by atoms with Gasteiger partial charge in [-0.2, -0.15) is 0 Å². The number of nitrogens with zero attached hydrogens (tertiary/aromatic N) is 2. The monoisotopic (exact) mass is 308 g/mol. The van der Waals surface area contributed by atoms with Crippen LogP contribution in [0.4, 0.5) is 0 Å². The molecule has 5 heteroatoms. The van der Waals surface area contributed by atoms with Crippen molar-refractivity contribution in [2.75, 3.05) is 33.4 Å². The number of likely N-dealkylation sites (N-methyl/N-ethyl adjacent to an activating group) is 1. The van der Waals surface area contributed by atoms with Gasteiger partial charge >= 0.3 is 0 Å². The molecule has 1 saturated carbocycles. The predicted molar refractivity (Wildman–Crippen MR) is 83.3 cm³/mol. The van der Waals surface area contributed by atoms with Gasteiger partial charge in [0.2, 0.25) is 11.8 Å². The van der Waals surface area contributed by atoms with Crippen molar-refractivity contribution < 1.29 is 14.3 Å². The molecule has 22 heavy (non-hydrogen) atoms. The number of rotatable bonds is 2. The van der Waals surface area contributed by atoms with Crippen molar-refractivity contribution >= 4 is 11.8 Å². The fourth-order valence-electron chi connectivity index (χ4n) is 4.19. The van der Waals surface area contributed by atoms with Crippen molar-refractivity contribution in [2.45, 2.75) is 51.0 Å². The Balaban J connectivity index is 1.58. The fourth-order valence-corrected chi connectivity index (χ4v) is 4.19. The summed E-state index contributed by atoms with van der Waals surface area (Å²) in [5, 5.41) is 0. The van der Waals surface area contributed by atoms with E-state index >= 15 is 0 Å². The van der Waals surface area contributed by atoms with Gasteiger partial charge in [0.15, 0.2) is 0 Å². The molecule has 3 aliphatic rings. The van der Waals surface area contributed by atoms with Crippen molar-refractivity contribution in [3.05, 3.63) is 0 Å². The maximum atomic E-state index is 12.6. The first-order chi connectivity index (χ1) is 10.6. The molecule has 0 aromatic rings. The highest BCUT2D eigenvalue weighted by Gasteiger charge is 2.38. The van der Waals surface area contributed by atoms with E-state index in [-0.39, 0.29) is 24.5 Å². The lowest BCUT2D eigenvalue weighted by Gasteiger charge is -2.41. The quantitative estimate of drug-likeness (QED) is 0.779. The zero-order valence-corrected chi connectivity index (χ0v) is 13.6. The number of fused-ring (bicyclic) bond motifs is 1. The maximum Gasteiger partial charge on any atom is 0.248 e. The molecule has 3 rings (SSSR count). The molecule has 0 aromatic carbocycles. The van der Waals surface area contributed by atoms with Crippen molar-refractivity contribution in [1.29, 1.82) is 0 Å². The van der Waals surface area contributed by atoms with Gasteiger partial charge in [0.25, 0.3) is 0 Å². The van der Waals surface area contributed by atoms with Crippen molar-refractivity contribution in [1.82, 2.24) is 9.80 Å². The molecule has 0 aromatic heterocycles. The van der Waals surface area contributed by atoms with Crippen molar-refractivity contribution in [3.8, 4) is 0 Å². The molecule has 3 fully saturated rings. The summed E-state index contributed by atoms with van der Waals surface area (Å²) < 4.78 is 5.47. The Kier molecular flexibility index (Phi) is 5.01. The van der Waals surface area contributed by atoms with Gasteiger partial charge < -0.3 is 14.5 Å². The molecule has 0 spiro atoms. The predicted octanol–water partition coefficient (Wildman–Crippen LogP) is 1.66. The van der Waals surface area contributed by atoms with Crippen molar-refractivity contribution in [3.63, 3.8) is 0 Å². The third kappa shape index (κ3) is 3.45. The second-order valence-corrected chi connectivity index (χ2v) is 7.18. The van der Waals surface area contributed by atoms with Crippen LogP contribution in [0, 0.1) is 11.8 Å². The van der Waals surface area contributed by atoms with Crippen LogP contribution in [0.5, 0.6) is 0 Å². The number of ether oxygens (including phenoxy) is 1. The zero-order chi connectivity index (χ0) is 15.5. The third-order valence-corrected chi connectivity index (χ3v) is 5.71. The van der Waals surface area contributed by atoms with E-state index in [9.17, 15) is 9.59 Å². The number of carbonyl (C=O) groups is 2. The number of carbonyl (C=O) groups excluding carboxylic acids is 2. The summed E-state index contributed by atoms with van der Waals surface area (Å²) in [7, 11) is 1.85. The molecule has 1 aliphatic carbocycles. The van der Waals surface area contributed by atoms with E-state index in [0.717, 1.165) is 13.0 Å². The first kappa shape index (κ1) is 15.8. The van der Waals surface area contributed by atoms with Crippen LogP contribution in [0.1, 0.15) is 44.9 Å². The van der Waals surface area contributed by atoms with Crippen molar-refractivity contribution in [2.24, 2.45) is 11.8 Å². The van der Waals surface area contributed by atoms with Crippen LogP contribution < -0.4 is 0 Å². The van der Waals surface area contributed by atoms with Crippen LogP contribution in [0.2, 0.25) is 0 Å². The number of likely N-dealkylation sites (tertiary alicyclic amines) is 1. The highest BCUT2D eigenvalue weighted by atomic mass is 16.5. The maximum absolute atomic E-state index is 12.6. The van der Waals surface area contributed by atoms with E-state index in [1.165, 1.54) is 32.1 Å². The standard InChI is InChI=1S/C17H28N2O3/c1-18-15-10-19(8-7-14(15)11-22-12-17(18)21)16(20)9-13-5-3-2-4-6-13/h13-15H,2-12H2,1H3/t14-,15-/m0/s1. The first-order valence-corrected chi connectivity index (χ1v) is 8.76. The number of piperidine rings is 1. The molecule has 0 radical (unpaired) electrons. The van der Waals surface area contributed by atoms with Gasteiger partial charge in [-0.1, -0.05) is 19.3 Å². The highest BCUT2D eigenvalue weighted by molar-refractivity contribution is 5.79. The molecular weight excluding hydrogens is 280 g/mol. The van der Waals surface area contributed by atoms with Gasteiger partial charge in [-0.3, -0.25) is 9.59 Å². The van der Waals surface area contributed by atoms with Gasteiger partial charge in [0.1, 0.15) is 6.61 Å². The zero-order valence-electron chi connectivity index (χ0n) is 13.6. The SMILES string of the molecule is CN1C(=O)COC[C@@H]2CCN(C(=O)CC3CCCCC3)C[C@@H]21. The number of hydrogen-bond donors (Lipinski definition) is 0. The molecule has 2 saturated heterocycles. The Hall–Kier alpha value is -1.10. The molecule has 124 valence electrons. The molecule has 2 amide bonds. The molecule has 0 N–H and O–H groups in total. The lowest BCUT2D eigenvalue weighted by molar-refractivity contribution is -0.140. The molecule has 2 aliphatic heterocycles. The summed E-state index contributed by atoms with van der Waals surface area (Å²) in [6.45, 7) is 2.32. The largest absolute Gasteiger partial charge is 0.371 e. The second kappa shape index (κ2) is 6.99. The van der Waals surface area contributed by atoms with Gasteiger partial charge in [0, 0.05) is 32.5 Å². The minimum Gasteiger partial charge on any atom is -0.371 e. The summed E-state index contributed by atoms with van der Waals surface area (Å²) in [6.07, 6.45) is 7.93. The Labute approximate surface area is 133 Å². The summed E-state index contributed by atoms with van der Waals surface area (Å²) in [6, 6.07) is 0.124. The van der Waals surface area contributed by atoms with Crippen LogP contribution in [-0.2, 0) is 14.3 Å². The first-order valence-electron chi connectivity index (χ1n) is 8.76. The molecule has 0 unspecified atom stereocenters. The van der Waals surface area contributed by atoms with Crippen LogP contribution in [0.3, 0.4) is 0 Å². The van der Waals surface area contributed by atoms with Gasteiger partial charge in [-0.25, -0.2) is 0 Å². The molecule has 2 atom stereocenters. The van der Waals surface area contributed by atoms with E-state index in [4.69, 9.17) is 4.74 Å². The average Bonchev–Trinajstić information content (AvgIpc) is 2.68. The summed E-state index contributed by atoms with van der Waals surface area (Å²) in [5.41, 5.74) is 0. The van der Waals surface area contributed by atoms with E-state index in [1.807, 2.05) is 11.9 Å². The summed E-state index contributed by atoms with van der Waals surface area (Å²) in [4.78, 5) is 28.4. The van der Waals surface area contributed by atoms with Gasteiger partial charge in [-0.05, 0) is 25.2 Å². The number of amides is 2. The smallest absolute Gasteiger partial charge is 0.248 e. The minimum atomic E-state index is 0.0362. The Bertz CT molecular complexity index is 420. The lowest BCUT2D eigenvalue weighted by Crippen LogP contribution is -2.54. The normalized spacial score (nSPS) is 30.9. The Morgan fingerprint density at radius 3 is 2.77 bits per heavy atom. The average molecular weight is 308 g/mol. The van der Waals surface area contributed by atoms with E-state index in [1.54, 1.807) is 4.90 Å². The van der Waals surface area contributed by atoms with Crippen LogP contribution in [0.15, 0.2) is 0 Å². The summed E-state index contributed by atoms with van der Waals surface area (Å²) in [5.74, 6) is 1.27. The van der Waals surface area contributed by atoms with Crippen LogP contribution in [0.25, 0.3) is 0 Å². The minimum absolute atomic E-state index is 0.0362. The van der Waals surface area contributed by atoms with E-state index < -0.39 is 0 Å². The Morgan fingerprint density at radius 1 is 1.23 bits per heavy atom. The second-order valence-electron chi connectivity index (χ2n) is 7.18. The summed E-state index contributed by atoms with van der Waals surface area (Å²) >= 11 is 0. The molecule has 0 bridgehead atoms. The van der Waals surface area contributed by atoms with E-state index in [0.29, 0.717) is 31.4 Å². The number of hydrogen-bond acceptors (Lipinski definition) is 3. The molecular formula is C17H28N2O3. The topological polar surface area (TPSA) is 49.9 Å². The van der Waals surface area contributed by atoms with E-state index in [2.05, 4.69) is 0 Å². The van der Waals surface area contributed by atoms with Crippen LogP contribution in [-0.4, -0.2) is 61.0 Å².